The van der Waals surface area contributed by atoms with Gasteiger partial charge < -0.3 is 15.2 Å². The summed E-state index contributed by atoms with van der Waals surface area (Å²) in [4.78, 5) is 29.7. The molecule has 0 saturated carbocycles. The largest absolute Gasteiger partial charge is 0.348 e. The molecule has 2 aromatic carbocycles. The first-order valence-electron chi connectivity index (χ1n) is 9.66. The Kier molecular flexibility index (Phi) is 5.30. The van der Waals surface area contributed by atoms with E-state index in [0.29, 0.717) is 34.4 Å². The number of aryl methyl sites for hydroxylation is 2. The predicted molar refractivity (Wildman–Crippen MR) is 117 cm³/mol. The molecular weight excluding hydrogens is 376 g/mol. The van der Waals surface area contributed by atoms with Crippen molar-refractivity contribution in [2.45, 2.75) is 13.5 Å². The molecule has 0 atom stereocenters. The number of rotatable bonds is 5. The third kappa shape index (κ3) is 4.07. The Balaban J connectivity index is 1.55. The first-order valence-corrected chi connectivity index (χ1v) is 9.66. The molecule has 2 amide bonds. The highest BCUT2D eigenvalue weighted by molar-refractivity contribution is 6.08. The van der Waals surface area contributed by atoms with Gasteiger partial charge in [0.25, 0.3) is 11.8 Å². The molecule has 0 saturated heterocycles. The molecule has 6 heteroatoms. The molecule has 2 N–H and O–H groups in total. The van der Waals surface area contributed by atoms with Gasteiger partial charge in [-0.25, -0.2) is 4.98 Å². The van der Waals surface area contributed by atoms with Crippen molar-refractivity contribution in [3.8, 4) is 0 Å². The Labute approximate surface area is 174 Å². The first-order chi connectivity index (χ1) is 14.5. The van der Waals surface area contributed by atoms with Crippen LogP contribution in [0.2, 0.25) is 0 Å². The standard InChI is InChI=1S/C24H22N4O2/c1-16-8-10-17(11-9-16)13-26-24(30)21-15-28(2)22-20(21)12-19(14-25-22)27-23(29)18-6-4-3-5-7-18/h3-12,14-15H,13H2,1-2H3,(H,26,30)(H,27,29). The number of aromatic nitrogens is 2. The topological polar surface area (TPSA) is 76.0 Å². The minimum Gasteiger partial charge on any atom is -0.348 e. The van der Waals surface area contributed by atoms with Crippen molar-refractivity contribution in [1.29, 1.82) is 0 Å². The molecule has 0 aliphatic heterocycles. The number of anilines is 1. The zero-order valence-electron chi connectivity index (χ0n) is 16.8. The van der Waals surface area contributed by atoms with Gasteiger partial charge in [0.05, 0.1) is 17.4 Å². The van der Waals surface area contributed by atoms with Crippen molar-refractivity contribution >= 4 is 28.5 Å². The molecule has 0 spiro atoms. The van der Waals surface area contributed by atoms with Crippen LogP contribution in [-0.2, 0) is 13.6 Å². The van der Waals surface area contributed by atoms with Crippen molar-refractivity contribution < 1.29 is 9.59 Å². The average molecular weight is 398 g/mol. The summed E-state index contributed by atoms with van der Waals surface area (Å²) < 4.78 is 1.80. The fourth-order valence-electron chi connectivity index (χ4n) is 3.29. The molecule has 6 nitrogen and oxygen atoms in total. The molecule has 0 aliphatic rings. The van der Waals surface area contributed by atoms with Crippen LogP contribution < -0.4 is 10.6 Å². The normalized spacial score (nSPS) is 10.7. The SMILES string of the molecule is Cc1ccc(CNC(=O)c2cn(C)c3ncc(NC(=O)c4ccccc4)cc23)cc1. The number of pyridine rings is 1. The van der Waals surface area contributed by atoms with Crippen molar-refractivity contribution in [2.24, 2.45) is 7.05 Å². The van der Waals surface area contributed by atoms with Crippen molar-refractivity contribution in [3.63, 3.8) is 0 Å². The summed E-state index contributed by atoms with van der Waals surface area (Å²) in [5.41, 5.74) is 4.49. The van der Waals surface area contributed by atoms with Crippen LogP contribution in [0.5, 0.6) is 0 Å². The van der Waals surface area contributed by atoms with Crippen molar-refractivity contribution in [3.05, 3.63) is 95.3 Å². The molecule has 4 rings (SSSR count). The predicted octanol–water partition coefficient (Wildman–Crippen LogP) is 4.06. The number of hydrogen-bond acceptors (Lipinski definition) is 3. The van der Waals surface area contributed by atoms with E-state index in [9.17, 15) is 9.59 Å². The maximum absolute atomic E-state index is 12.8. The Morgan fingerprint density at radius 1 is 1.00 bits per heavy atom. The maximum Gasteiger partial charge on any atom is 0.255 e. The summed E-state index contributed by atoms with van der Waals surface area (Å²) in [7, 11) is 1.84. The fourth-order valence-corrected chi connectivity index (χ4v) is 3.29. The van der Waals surface area contributed by atoms with Crippen LogP contribution in [0.3, 0.4) is 0 Å². The Morgan fingerprint density at radius 2 is 1.73 bits per heavy atom. The highest BCUT2D eigenvalue weighted by Crippen LogP contribution is 2.23. The highest BCUT2D eigenvalue weighted by Gasteiger charge is 2.16. The third-order valence-corrected chi connectivity index (χ3v) is 4.93. The second-order valence-corrected chi connectivity index (χ2v) is 7.24. The van der Waals surface area contributed by atoms with E-state index in [1.165, 1.54) is 5.56 Å². The third-order valence-electron chi connectivity index (χ3n) is 4.93. The number of carbonyl (C=O) groups excluding carboxylic acids is 2. The second kappa shape index (κ2) is 8.21. The van der Waals surface area contributed by atoms with Gasteiger partial charge in [-0.2, -0.15) is 0 Å². The summed E-state index contributed by atoms with van der Waals surface area (Å²) in [5.74, 6) is -0.410. The van der Waals surface area contributed by atoms with Gasteiger partial charge in [-0.05, 0) is 30.7 Å². The van der Waals surface area contributed by atoms with Crippen LogP contribution in [-0.4, -0.2) is 21.4 Å². The zero-order valence-corrected chi connectivity index (χ0v) is 16.8. The van der Waals surface area contributed by atoms with Gasteiger partial charge in [-0.15, -0.1) is 0 Å². The number of hydrogen-bond donors (Lipinski definition) is 2. The Bertz CT molecular complexity index is 1210. The van der Waals surface area contributed by atoms with Gasteiger partial charge in [-0.3, -0.25) is 9.59 Å². The molecule has 0 aliphatic carbocycles. The highest BCUT2D eigenvalue weighted by atomic mass is 16.2. The van der Waals surface area contributed by atoms with Crippen LogP contribution in [0.15, 0.2) is 73.1 Å². The van der Waals surface area contributed by atoms with E-state index in [1.807, 2.05) is 56.4 Å². The van der Waals surface area contributed by atoms with Gasteiger partial charge in [-0.1, -0.05) is 48.0 Å². The summed E-state index contributed by atoms with van der Waals surface area (Å²) in [6.45, 7) is 2.47. The Morgan fingerprint density at radius 3 is 2.47 bits per heavy atom. The number of nitrogens with one attached hydrogen (secondary N) is 2. The smallest absolute Gasteiger partial charge is 0.255 e. The summed E-state index contributed by atoms with van der Waals surface area (Å²) in [6.07, 6.45) is 3.35. The van der Waals surface area contributed by atoms with Crippen molar-refractivity contribution in [1.82, 2.24) is 14.9 Å². The molecule has 0 fully saturated rings. The van der Waals surface area contributed by atoms with E-state index in [4.69, 9.17) is 0 Å². The van der Waals surface area contributed by atoms with Gasteiger partial charge >= 0.3 is 0 Å². The molecule has 0 radical (unpaired) electrons. The molecule has 30 heavy (non-hydrogen) atoms. The lowest BCUT2D eigenvalue weighted by molar-refractivity contribution is 0.0951. The average Bonchev–Trinajstić information content (AvgIpc) is 3.09. The molecule has 0 bridgehead atoms. The van der Waals surface area contributed by atoms with E-state index < -0.39 is 0 Å². The lowest BCUT2D eigenvalue weighted by atomic mass is 10.1. The summed E-state index contributed by atoms with van der Waals surface area (Å²) in [5, 5.41) is 6.49. The van der Waals surface area contributed by atoms with E-state index in [0.717, 1.165) is 5.56 Å². The molecule has 2 aromatic heterocycles. The van der Waals surface area contributed by atoms with E-state index in [2.05, 4.69) is 15.6 Å². The Hall–Kier alpha value is -3.93. The van der Waals surface area contributed by atoms with E-state index in [1.54, 1.807) is 35.2 Å². The van der Waals surface area contributed by atoms with Crippen LogP contribution >= 0.6 is 0 Å². The molecule has 2 heterocycles. The zero-order chi connectivity index (χ0) is 21.1. The lowest BCUT2D eigenvalue weighted by Gasteiger charge is -2.07. The summed E-state index contributed by atoms with van der Waals surface area (Å²) >= 11 is 0. The van der Waals surface area contributed by atoms with Crippen LogP contribution in [0.25, 0.3) is 11.0 Å². The molecule has 4 aromatic rings. The van der Waals surface area contributed by atoms with Gasteiger partial charge in [0, 0.05) is 30.7 Å². The number of amides is 2. The molecular formula is C24H22N4O2. The van der Waals surface area contributed by atoms with E-state index >= 15 is 0 Å². The van der Waals surface area contributed by atoms with Gasteiger partial charge in [0.1, 0.15) is 5.65 Å². The number of carbonyl (C=O) groups is 2. The molecule has 150 valence electrons. The number of benzene rings is 2. The summed E-state index contributed by atoms with van der Waals surface area (Å²) in [6, 6.07) is 18.8. The minimum absolute atomic E-state index is 0.186. The lowest BCUT2D eigenvalue weighted by Crippen LogP contribution is -2.22. The first kappa shape index (κ1) is 19.4. The van der Waals surface area contributed by atoms with Crippen LogP contribution in [0.1, 0.15) is 31.8 Å². The monoisotopic (exact) mass is 398 g/mol. The van der Waals surface area contributed by atoms with E-state index in [-0.39, 0.29) is 11.8 Å². The fraction of sp³-hybridized carbons (Fsp3) is 0.125. The quantitative estimate of drug-likeness (QED) is 0.532. The van der Waals surface area contributed by atoms with Crippen LogP contribution in [0, 0.1) is 6.92 Å². The maximum atomic E-state index is 12.8. The van der Waals surface area contributed by atoms with Crippen LogP contribution in [0.4, 0.5) is 5.69 Å². The number of fused-ring (bicyclic) bond motifs is 1. The van der Waals surface area contributed by atoms with Gasteiger partial charge in [0.2, 0.25) is 0 Å². The number of nitrogens with zero attached hydrogens (tertiary/aromatic N) is 2. The van der Waals surface area contributed by atoms with Crippen molar-refractivity contribution in [2.75, 3.05) is 5.32 Å². The molecule has 0 unspecified atom stereocenters. The van der Waals surface area contributed by atoms with Gasteiger partial charge in [0.15, 0.2) is 0 Å². The minimum atomic E-state index is -0.224. The second-order valence-electron chi connectivity index (χ2n) is 7.24.